The van der Waals surface area contributed by atoms with Crippen molar-refractivity contribution in [2.75, 3.05) is 79.5 Å². The van der Waals surface area contributed by atoms with Gasteiger partial charge in [-0.05, 0) is 38.1 Å². The fourth-order valence-electron chi connectivity index (χ4n) is 2.07. The lowest BCUT2D eigenvalue weighted by atomic mass is 10.2. The number of halogens is 2. The molecule has 0 atom stereocenters. The number of quaternary nitrogens is 2. The van der Waals surface area contributed by atoms with Crippen molar-refractivity contribution in [3.63, 3.8) is 0 Å². The second-order valence-electron chi connectivity index (χ2n) is 7.72. The van der Waals surface area contributed by atoms with Crippen LogP contribution in [-0.4, -0.2) is 83.5 Å². The van der Waals surface area contributed by atoms with Crippen LogP contribution in [-0.2, 0) is 0 Å². The maximum absolute atomic E-state index is 5.87. The molecule has 0 amide bonds. The predicted octanol–water partition coefficient (Wildman–Crippen LogP) is -3.30. The molecule has 4 nitrogen and oxygen atoms in total. The summed E-state index contributed by atoms with van der Waals surface area (Å²) >= 11 is 0. The minimum atomic E-state index is 0. The van der Waals surface area contributed by atoms with Crippen LogP contribution in [0.4, 0.5) is 5.69 Å². The molecule has 1 aromatic rings. The van der Waals surface area contributed by atoms with Gasteiger partial charge in [0.1, 0.15) is 18.9 Å². The normalized spacial score (nSPS) is 11.3. The molecule has 25 heavy (non-hydrogen) atoms. The summed E-state index contributed by atoms with van der Waals surface area (Å²) in [4.78, 5) is 2.32. The molecule has 1 rings (SSSR count). The highest BCUT2D eigenvalue weighted by molar-refractivity contribution is 5.48. The van der Waals surface area contributed by atoms with E-state index in [1.807, 2.05) is 0 Å². The van der Waals surface area contributed by atoms with Crippen LogP contribution in [0.1, 0.15) is 13.8 Å². The number of nitrogens with zero attached hydrogens (tertiary/aromatic N) is 3. The van der Waals surface area contributed by atoms with Crippen molar-refractivity contribution in [2.24, 2.45) is 0 Å². The number of rotatable bonds is 10. The fraction of sp³-hybridized carbons (Fsp3) is 0.684. The zero-order valence-electron chi connectivity index (χ0n) is 17.1. The minimum Gasteiger partial charge on any atom is -1.00 e. The van der Waals surface area contributed by atoms with Crippen molar-refractivity contribution in [1.29, 1.82) is 0 Å². The van der Waals surface area contributed by atoms with E-state index < -0.39 is 0 Å². The lowest BCUT2D eigenvalue weighted by molar-refractivity contribution is -0.888. The van der Waals surface area contributed by atoms with Gasteiger partial charge >= 0.3 is 0 Å². The van der Waals surface area contributed by atoms with Gasteiger partial charge < -0.3 is 66.6 Å². The van der Waals surface area contributed by atoms with Gasteiger partial charge in [0.05, 0.1) is 54.4 Å². The summed E-state index contributed by atoms with van der Waals surface area (Å²) in [7, 11) is 11.2. The summed E-state index contributed by atoms with van der Waals surface area (Å²) in [6.07, 6.45) is 0. The van der Waals surface area contributed by atoms with Crippen molar-refractivity contribution in [3.8, 4) is 5.75 Å². The molecule has 0 aliphatic rings. The van der Waals surface area contributed by atoms with Gasteiger partial charge in [-0.25, -0.2) is 0 Å². The molecule has 0 radical (unpaired) electrons. The monoisotopic (exact) mass is 577 g/mol. The van der Waals surface area contributed by atoms with Crippen LogP contribution < -0.4 is 57.6 Å². The molecule has 0 unspecified atom stereocenters. The maximum Gasteiger partial charge on any atom is 0.137 e. The van der Waals surface area contributed by atoms with Gasteiger partial charge in [0.2, 0.25) is 0 Å². The molecule has 6 heteroatoms. The summed E-state index contributed by atoms with van der Waals surface area (Å²) in [6, 6.07) is 8.47. The number of ether oxygens (including phenoxy) is 1. The van der Waals surface area contributed by atoms with Crippen molar-refractivity contribution in [3.05, 3.63) is 24.3 Å². The summed E-state index contributed by atoms with van der Waals surface area (Å²) < 4.78 is 7.92. The summed E-state index contributed by atoms with van der Waals surface area (Å²) in [5, 5.41) is 0. The van der Waals surface area contributed by atoms with Crippen molar-refractivity contribution in [1.82, 2.24) is 0 Å². The molecule has 0 saturated carbocycles. The molecule has 1 aromatic carbocycles. The van der Waals surface area contributed by atoms with E-state index in [1.54, 1.807) is 0 Å². The molecule has 0 aliphatic heterocycles. The van der Waals surface area contributed by atoms with Crippen LogP contribution >= 0.6 is 0 Å². The third-order valence-corrected chi connectivity index (χ3v) is 5.00. The van der Waals surface area contributed by atoms with E-state index >= 15 is 0 Å². The Morgan fingerprint density at radius 1 is 0.840 bits per heavy atom. The molecular weight excluding hydrogens is 540 g/mol. The van der Waals surface area contributed by atoms with E-state index in [-0.39, 0.29) is 48.0 Å². The Hall–Kier alpha value is 0.200. The quantitative estimate of drug-likeness (QED) is 0.214. The standard InChI is InChI=1S/C19H37N3O.2HI/c1-8-21(4,5)15-14-20(3)18-10-12-19(13-11-18)23-17-16-22(6,7)9-2;;/h10-13H,8-9,14-17H2,1-7H3;2*1H/q+2;;/p-2. The summed E-state index contributed by atoms with van der Waals surface area (Å²) in [6.45, 7) is 10.7. The second-order valence-corrected chi connectivity index (χ2v) is 7.72. The van der Waals surface area contributed by atoms with E-state index in [9.17, 15) is 0 Å². The van der Waals surface area contributed by atoms with Crippen molar-refractivity contribution >= 4 is 5.69 Å². The third-order valence-electron chi connectivity index (χ3n) is 5.00. The average molecular weight is 577 g/mol. The zero-order valence-corrected chi connectivity index (χ0v) is 21.4. The summed E-state index contributed by atoms with van der Waals surface area (Å²) in [5.41, 5.74) is 1.25. The average Bonchev–Trinajstić information content (AvgIpc) is 2.53. The third kappa shape index (κ3) is 10.8. The van der Waals surface area contributed by atoms with Crippen molar-refractivity contribution in [2.45, 2.75) is 13.8 Å². The number of anilines is 1. The highest BCUT2D eigenvalue weighted by atomic mass is 127. The largest absolute Gasteiger partial charge is 1.00 e. The predicted molar refractivity (Wildman–Crippen MR) is 100 cm³/mol. The molecular formula is C19H37I2N3O. The Bertz CT molecular complexity index is 464. The highest BCUT2D eigenvalue weighted by Crippen LogP contribution is 2.18. The first-order chi connectivity index (χ1) is 10.7. The van der Waals surface area contributed by atoms with Crippen molar-refractivity contribution < 1.29 is 61.7 Å². The van der Waals surface area contributed by atoms with E-state index in [0.717, 1.165) is 54.0 Å². The smallest absolute Gasteiger partial charge is 0.137 e. The number of likely N-dealkylation sites (N-methyl/N-ethyl adjacent to an activating group) is 3. The summed E-state index contributed by atoms with van der Waals surface area (Å²) in [5.74, 6) is 0.961. The number of hydrogen-bond acceptors (Lipinski definition) is 2. The Balaban J connectivity index is 0. The molecule has 0 aromatic heterocycles. The first kappa shape index (κ1) is 27.4. The highest BCUT2D eigenvalue weighted by Gasteiger charge is 2.13. The zero-order chi connectivity index (χ0) is 17.5. The molecule has 0 heterocycles. The Morgan fingerprint density at radius 2 is 1.32 bits per heavy atom. The second kappa shape index (κ2) is 12.6. The molecule has 0 aliphatic carbocycles. The molecule has 0 fully saturated rings. The lowest BCUT2D eigenvalue weighted by Gasteiger charge is -2.31. The molecule has 0 saturated heterocycles. The van der Waals surface area contributed by atoms with E-state index in [1.165, 1.54) is 5.69 Å². The van der Waals surface area contributed by atoms with Gasteiger partial charge in [-0.3, -0.25) is 0 Å². The van der Waals surface area contributed by atoms with Crippen LogP contribution in [0.2, 0.25) is 0 Å². The molecule has 0 N–H and O–H groups in total. The topological polar surface area (TPSA) is 12.5 Å². The van der Waals surface area contributed by atoms with Gasteiger partial charge in [-0.15, -0.1) is 0 Å². The minimum absolute atomic E-state index is 0. The van der Waals surface area contributed by atoms with Crippen LogP contribution in [0.25, 0.3) is 0 Å². The van der Waals surface area contributed by atoms with Crippen LogP contribution in [0.15, 0.2) is 24.3 Å². The lowest BCUT2D eigenvalue weighted by Crippen LogP contribution is -3.00. The first-order valence-electron chi connectivity index (χ1n) is 8.77. The first-order valence-corrected chi connectivity index (χ1v) is 8.77. The van der Waals surface area contributed by atoms with Gasteiger partial charge in [-0.2, -0.15) is 0 Å². The van der Waals surface area contributed by atoms with E-state index in [4.69, 9.17) is 4.74 Å². The molecule has 0 spiro atoms. The SMILES string of the molecule is CC[N+](C)(C)CCOc1ccc(N(C)CC[N+](C)(C)CC)cc1.[I-].[I-]. The van der Waals surface area contributed by atoms with Gasteiger partial charge in [-0.1, -0.05) is 0 Å². The Kier molecular flexibility index (Phi) is 13.8. The maximum atomic E-state index is 5.87. The van der Waals surface area contributed by atoms with E-state index in [2.05, 4.69) is 78.3 Å². The Labute approximate surface area is 189 Å². The van der Waals surface area contributed by atoms with Gasteiger partial charge in [0.15, 0.2) is 0 Å². The van der Waals surface area contributed by atoms with Crippen LogP contribution in [0.3, 0.4) is 0 Å². The van der Waals surface area contributed by atoms with Crippen LogP contribution in [0.5, 0.6) is 5.75 Å². The molecule has 0 bridgehead atoms. The fourth-order valence-corrected chi connectivity index (χ4v) is 2.07. The molecule has 148 valence electrons. The number of benzene rings is 1. The van der Waals surface area contributed by atoms with E-state index in [0.29, 0.717) is 0 Å². The van der Waals surface area contributed by atoms with Gasteiger partial charge in [0.25, 0.3) is 0 Å². The van der Waals surface area contributed by atoms with Crippen LogP contribution in [0, 0.1) is 0 Å². The van der Waals surface area contributed by atoms with Gasteiger partial charge in [0, 0.05) is 12.7 Å². The Morgan fingerprint density at radius 3 is 1.80 bits per heavy atom. The number of hydrogen-bond donors (Lipinski definition) is 0.